The van der Waals surface area contributed by atoms with Crippen LogP contribution in [0.4, 0.5) is 0 Å². The van der Waals surface area contributed by atoms with Crippen molar-refractivity contribution in [3.05, 3.63) is 60.2 Å². The van der Waals surface area contributed by atoms with Gasteiger partial charge in [-0.25, -0.2) is 0 Å². The van der Waals surface area contributed by atoms with Crippen LogP contribution in [-0.4, -0.2) is 18.8 Å². The van der Waals surface area contributed by atoms with Gasteiger partial charge in [0.1, 0.15) is 11.5 Å². The maximum Gasteiger partial charge on any atom is 0.119 e. The third-order valence-electron chi connectivity index (χ3n) is 4.91. The molecule has 1 N–H and O–H groups in total. The highest BCUT2D eigenvalue weighted by molar-refractivity contribution is 5.32. The number of ether oxygens (including phenoxy) is 2. The van der Waals surface area contributed by atoms with Gasteiger partial charge in [0.15, 0.2) is 0 Å². The summed E-state index contributed by atoms with van der Waals surface area (Å²) in [5.41, 5.74) is -0.100. The summed E-state index contributed by atoms with van der Waals surface area (Å²) in [6.45, 7) is 2.58. The quantitative estimate of drug-likeness (QED) is 0.913. The van der Waals surface area contributed by atoms with E-state index in [-0.39, 0.29) is 5.41 Å². The van der Waals surface area contributed by atoms with E-state index in [9.17, 15) is 5.11 Å². The van der Waals surface area contributed by atoms with E-state index >= 15 is 0 Å². The fourth-order valence-electron chi connectivity index (χ4n) is 3.10. The molecule has 0 saturated heterocycles. The standard InChI is InChI=1S/C19H22O3/c1-18(14-22-17-10-8-16(21-2)9-11-17)12-13-19(18,20)15-6-4-3-5-7-15/h3-11,20H,12-14H2,1-2H3/t18-,19+/m0/s1. The molecule has 3 nitrogen and oxygen atoms in total. The molecule has 3 rings (SSSR count). The number of hydrogen-bond acceptors (Lipinski definition) is 3. The molecule has 1 saturated carbocycles. The van der Waals surface area contributed by atoms with Crippen molar-refractivity contribution in [1.29, 1.82) is 0 Å². The first-order chi connectivity index (χ1) is 10.6. The second kappa shape index (κ2) is 5.65. The first-order valence-corrected chi connectivity index (χ1v) is 7.62. The van der Waals surface area contributed by atoms with E-state index in [1.54, 1.807) is 7.11 Å². The van der Waals surface area contributed by atoms with Gasteiger partial charge in [0.2, 0.25) is 0 Å². The molecular weight excluding hydrogens is 276 g/mol. The lowest BCUT2D eigenvalue weighted by Gasteiger charge is -2.54. The molecule has 0 aliphatic heterocycles. The van der Waals surface area contributed by atoms with E-state index < -0.39 is 5.60 Å². The third kappa shape index (κ3) is 2.46. The van der Waals surface area contributed by atoms with Gasteiger partial charge in [0.05, 0.1) is 19.3 Å². The predicted octanol–water partition coefficient (Wildman–Crippen LogP) is 3.76. The first-order valence-electron chi connectivity index (χ1n) is 7.62. The Bertz CT molecular complexity index is 623. The highest BCUT2D eigenvalue weighted by Crippen LogP contribution is 2.56. The Balaban J connectivity index is 1.71. The van der Waals surface area contributed by atoms with Gasteiger partial charge in [-0.05, 0) is 42.7 Å². The zero-order chi connectivity index (χ0) is 15.6. The van der Waals surface area contributed by atoms with Crippen LogP contribution in [0.3, 0.4) is 0 Å². The molecule has 1 aliphatic carbocycles. The van der Waals surface area contributed by atoms with Crippen LogP contribution in [0.25, 0.3) is 0 Å². The Hall–Kier alpha value is -2.00. The maximum atomic E-state index is 11.1. The van der Waals surface area contributed by atoms with Gasteiger partial charge in [0.25, 0.3) is 0 Å². The van der Waals surface area contributed by atoms with Crippen LogP contribution in [0.2, 0.25) is 0 Å². The van der Waals surface area contributed by atoms with Crippen molar-refractivity contribution in [1.82, 2.24) is 0 Å². The Kier molecular flexibility index (Phi) is 3.83. The van der Waals surface area contributed by atoms with Crippen LogP contribution in [0, 0.1) is 5.41 Å². The lowest BCUT2D eigenvalue weighted by Crippen LogP contribution is -2.56. The molecular formula is C19H22O3. The predicted molar refractivity (Wildman–Crippen MR) is 86.2 cm³/mol. The summed E-state index contributed by atoms with van der Waals surface area (Å²) in [6.07, 6.45) is 1.73. The van der Waals surface area contributed by atoms with Crippen LogP contribution >= 0.6 is 0 Å². The van der Waals surface area contributed by atoms with Crippen LogP contribution in [0.15, 0.2) is 54.6 Å². The molecule has 0 bridgehead atoms. The Labute approximate surface area is 131 Å². The number of hydrogen-bond donors (Lipinski definition) is 1. The van der Waals surface area contributed by atoms with Crippen molar-refractivity contribution in [3.63, 3.8) is 0 Å². The minimum Gasteiger partial charge on any atom is -0.497 e. The normalized spacial score (nSPS) is 27.0. The van der Waals surface area contributed by atoms with E-state index in [0.717, 1.165) is 29.9 Å². The lowest BCUT2D eigenvalue weighted by molar-refractivity contribution is -0.180. The summed E-state index contributed by atoms with van der Waals surface area (Å²) in [5.74, 6) is 1.60. The van der Waals surface area contributed by atoms with E-state index in [4.69, 9.17) is 9.47 Å². The minimum atomic E-state index is -0.805. The molecule has 2 aromatic rings. The summed E-state index contributed by atoms with van der Waals surface area (Å²) in [5, 5.41) is 11.1. The van der Waals surface area contributed by atoms with Gasteiger partial charge in [-0.15, -0.1) is 0 Å². The molecule has 2 aromatic carbocycles. The Morgan fingerprint density at radius 2 is 1.59 bits per heavy atom. The van der Waals surface area contributed by atoms with Crippen molar-refractivity contribution < 1.29 is 14.6 Å². The monoisotopic (exact) mass is 298 g/mol. The van der Waals surface area contributed by atoms with E-state index in [1.807, 2.05) is 54.6 Å². The molecule has 0 unspecified atom stereocenters. The van der Waals surface area contributed by atoms with Gasteiger partial charge in [-0.3, -0.25) is 0 Å². The topological polar surface area (TPSA) is 38.7 Å². The Morgan fingerprint density at radius 1 is 0.955 bits per heavy atom. The molecule has 22 heavy (non-hydrogen) atoms. The zero-order valence-electron chi connectivity index (χ0n) is 13.1. The van der Waals surface area contributed by atoms with Crippen molar-refractivity contribution in [3.8, 4) is 11.5 Å². The average molecular weight is 298 g/mol. The van der Waals surface area contributed by atoms with Crippen LogP contribution < -0.4 is 9.47 Å². The second-order valence-corrected chi connectivity index (χ2v) is 6.25. The summed E-state index contributed by atoms with van der Waals surface area (Å²) >= 11 is 0. The summed E-state index contributed by atoms with van der Waals surface area (Å²) in [7, 11) is 1.64. The van der Waals surface area contributed by atoms with E-state index in [0.29, 0.717) is 6.61 Å². The molecule has 0 radical (unpaired) electrons. The zero-order valence-corrected chi connectivity index (χ0v) is 13.1. The van der Waals surface area contributed by atoms with Crippen molar-refractivity contribution in [2.24, 2.45) is 5.41 Å². The maximum absolute atomic E-state index is 11.1. The Morgan fingerprint density at radius 3 is 2.14 bits per heavy atom. The molecule has 1 aliphatic rings. The lowest BCUT2D eigenvalue weighted by atomic mass is 9.55. The van der Waals surface area contributed by atoms with Crippen molar-refractivity contribution in [2.45, 2.75) is 25.4 Å². The first kappa shape index (κ1) is 14.9. The fourth-order valence-corrected chi connectivity index (χ4v) is 3.10. The van der Waals surface area contributed by atoms with Crippen LogP contribution in [0.5, 0.6) is 11.5 Å². The number of rotatable bonds is 5. The van der Waals surface area contributed by atoms with Gasteiger partial charge in [0, 0.05) is 5.41 Å². The van der Waals surface area contributed by atoms with E-state index in [2.05, 4.69) is 6.92 Å². The summed E-state index contributed by atoms with van der Waals surface area (Å²) in [6, 6.07) is 17.4. The number of aliphatic hydroxyl groups is 1. The van der Waals surface area contributed by atoms with Gasteiger partial charge < -0.3 is 14.6 Å². The smallest absolute Gasteiger partial charge is 0.119 e. The largest absolute Gasteiger partial charge is 0.497 e. The summed E-state index contributed by atoms with van der Waals surface area (Å²) in [4.78, 5) is 0. The fraction of sp³-hybridized carbons (Fsp3) is 0.368. The van der Waals surface area contributed by atoms with Crippen LogP contribution in [-0.2, 0) is 5.60 Å². The molecule has 2 atom stereocenters. The van der Waals surface area contributed by atoms with Crippen LogP contribution in [0.1, 0.15) is 25.3 Å². The molecule has 0 aromatic heterocycles. The number of methoxy groups -OCH3 is 1. The molecule has 116 valence electrons. The van der Waals surface area contributed by atoms with Gasteiger partial charge >= 0.3 is 0 Å². The van der Waals surface area contributed by atoms with Crippen molar-refractivity contribution in [2.75, 3.05) is 13.7 Å². The minimum absolute atomic E-state index is 0.270. The SMILES string of the molecule is COc1ccc(OC[C@]2(C)CC[C@@]2(O)c2ccccc2)cc1. The average Bonchev–Trinajstić information content (AvgIpc) is 2.59. The third-order valence-corrected chi connectivity index (χ3v) is 4.91. The van der Waals surface area contributed by atoms with Gasteiger partial charge in [-0.2, -0.15) is 0 Å². The highest BCUT2D eigenvalue weighted by atomic mass is 16.5. The number of benzene rings is 2. The molecule has 0 heterocycles. The summed E-state index contributed by atoms with van der Waals surface area (Å²) < 4.78 is 11.1. The van der Waals surface area contributed by atoms with E-state index in [1.165, 1.54) is 0 Å². The second-order valence-electron chi connectivity index (χ2n) is 6.25. The molecule has 3 heteroatoms. The highest BCUT2D eigenvalue weighted by Gasteiger charge is 2.56. The molecule has 0 amide bonds. The van der Waals surface area contributed by atoms with Crippen molar-refractivity contribution >= 4 is 0 Å². The molecule has 1 fully saturated rings. The van der Waals surface area contributed by atoms with Gasteiger partial charge in [-0.1, -0.05) is 37.3 Å². The molecule has 0 spiro atoms.